The maximum absolute atomic E-state index is 12.1. The molecule has 7 heteroatoms. The van der Waals surface area contributed by atoms with Crippen LogP contribution in [0.1, 0.15) is 30.4 Å². The molecule has 2 aliphatic rings. The third kappa shape index (κ3) is 7.43. The Kier molecular flexibility index (Phi) is 10.2. The van der Waals surface area contributed by atoms with Crippen molar-refractivity contribution >= 4 is 35.2 Å². The van der Waals surface area contributed by atoms with E-state index in [1.807, 2.05) is 30.3 Å². The molecule has 0 spiro atoms. The number of nitrogens with two attached hydrogens (primary N) is 1. The maximum atomic E-state index is 12.1. The van der Waals surface area contributed by atoms with Crippen molar-refractivity contribution in [2.45, 2.75) is 31.7 Å². The normalized spacial score (nSPS) is 17.3. The quantitative estimate of drug-likeness (QED) is 0.151. The Balaban J connectivity index is 1.03. The molecule has 5 nitrogen and oxygen atoms in total. The Morgan fingerprint density at radius 2 is 1.63 bits per heavy atom. The summed E-state index contributed by atoms with van der Waals surface area (Å²) in [6.45, 7) is 1.39. The number of esters is 1. The molecule has 1 fully saturated rings. The van der Waals surface area contributed by atoms with Gasteiger partial charge in [0.05, 0.1) is 0 Å². The summed E-state index contributed by atoms with van der Waals surface area (Å²) in [6.07, 6.45) is 4.10. The molecule has 3 aromatic rings. The number of fused-ring (bicyclic) bond motifs is 2. The second-order valence-electron chi connectivity index (χ2n) is 9.57. The molecule has 0 aliphatic carbocycles. The predicted octanol–water partition coefficient (Wildman–Crippen LogP) is 2.64. The number of halogens is 2. The zero-order valence-electron chi connectivity index (χ0n) is 21.5. The third-order valence-corrected chi connectivity index (χ3v) is 16.0. The zero-order chi connectivity index (χ0) is 26.2. The van der Waals surface area contributed by atoms with Crippen molar-refractivity contribution in [2.75, 3.05) is 28.7 Å². The van der Waals surface area contributed by atoms with Crippen molar-refractivity contribution in [2.24, 2.45) is 16.6 Å². The number of rotatable bonds is 10. The molecule has 5 rings (SSSR count). The van der Waals surface area contributed by atoms with Crippen LogP contribution in [0.4, 0.5) is 5.69 Å². The molecule has 0 bridgehead atoms. The van der Waals surface area contributed by atoms with E-state index in [4.69, 9.17) is 20.2 Å². The van der Waals surface area contributed by atoms with E-state index in [1.54, 1.807) is 0 Å². The van der Waals surface area contributed by atoms with Crippen molar-refractivity contribution in [3.8, 4) is 0 Å². The fourth-order valence-corrected chi connectivity index (χ4v) is 14.6. The Hall–Kier alpha value is -1.82. The van der Waals surface area contributed by atoms with E-state index in [0.717, 1.165) is 12.0 Å². The first-order chi connectivity index (χ1) is 18.7. The van der Waals surface area contributed by atoms with Gasteiger partial charge in [0.2, 0.25) is 0 Å². The van der Waals surface area contributed by atoms with Crippen LogP contribution >= 0.6 is 19.8 Å². The van der Waals surface area contributed by atoms with Crippen LogP contribution in [0.25, 0.3) is 0 Å². The van der Waals surface area contributed by atoms with Gasteiger partial charge in [-0.15, -0.1) is 0 Å². The van der Waals surface area contributed by atoms with Crippen molar-refractivity contribution in [1.82, 2.24) is 0 Å². The van der Waals surface area contributed by atoms with Crippen LogP contribution in [-0.2, 0) is 20.7 Å². The van der Waals surface area contributed by atoms with Gasteiger partial charge in [-0.25, -0.2) is 0 Å². The van der Waals surface area contributed by atoms with Crippen LogP contribution in [0.5, 0.6) is 0 Å². The average Bonchev–Trinajstić information content (AvgIpc) is 3.12. The Labute approximate surface area is 243 Å². The fourth-order valence-electron chi connectivity index (χ4n) is 4.70. The Bertz CT molecular complexity index is 1240. The van der Waals surface area contributed by atoms with E-state index in [1.165, 1.54) is 43.8 Å². The molecule has 0 aromatic heterocycles. The number of nitrogens with zero attached hydrogens (tertiary/aromatic N) is 1. The summed E-state index contributed by atoms with van der Waals surface area (Å²) >= 11 is -1.51. The topological polar surface area (TPSA) is 73.9 Å². The van der Waals surface area contributed by atoms with Crippen molar-refractivity contribution < 1.29 is 35.5 Å². The van der Waals surface area contributed by atoms with Crippen LogP contribution in [-0.4, -0.2) is 44.4 Å². The molecule has 0 radical (unpaired) electrons. The number of hydrogen-bond donors (Lipinski definition) is 1. The molecule has 2 N–H and O–H groups in total. The number of carbonyl (C=O) groups is 1. The van der Waals surface area contributed by atoms with Gasteiger partial charge in [-0.3, -0.25) is 0 Å². The van der Waals surface area contributed by atoms with Crippen molar-refractivity contribution in [3.05, 3.63) is 97.1 Å². The van der Waals surface area contributed by atoms with Gasteiger partial charge in [-0.2, -0.15) is 0 Å². The van der Waals surface area contributed by atoms with Gasteiger partial charge >= 0.3 is 209 Å². The van der Waals surface area contributed by atoms with Crippen LogP contribution in [0.15, 0.2) is 83.9 Å². The van der Waals surface area contributed by atoms with E-state index in [0.29, 0.717) is 25.6 Å². The Morgan fingerprint density at radius 1 is 0.921 bits per heavy atom. The number of para-hydroxylation sites is 1. The summed E-state index contributed by atoms with van der Waals surface area (Å²) in [4.78, 5) is 17.5. The number of ether oxygens (including phenoxy) is 2. The van der Waals surface area contributed by atoms with Gasteiger partial charge in [-0.05, 0) is 5.56 Å². The Morgan fingerprint density at radius 3 is 2.45 bits per heavy atom. The number of alkyl halides is 2. The van der Waals surface area contributed by atoms with Gasteiger partial charge in [0.1, 0.15) is 0 Å². The third-order valence-electron chi connectivity index (χ3n) is 6.86. The summed E-state index contributed by atoms with van der Waals surface area (Å²) in [5.41, 5.74) is 9.68. The first kappa shape index (κ1) is 27.7. The monoisotopic (exact) mass is 737 g/mol. The number of aliphatic imine (C=N–C) groups is 1. The van der Waals surface area contributed by atoms with Crippen molar-refractivity contribution in [1.29, 1.82) is 0 Å². The van der Waals surface area contributed by atoms with Crippen LogP contribution in [0, 0.1) is 13.1 Å². The molecular formula is C31H35I2N2O3-. The first-order valence-electron chi connectivity index (χ1n) is 13.2. The van der Waals surface area contributed by atoms with E-state index >= 15 is 0 Å². The van der Waals surface area contributed by atoms with Crippen molar-refractivity contribution in [3.63, 3.8) is 0 Å². The fraction of sp³-hybridized carbons (Fsp3) is 0.355. The molecule has 202 valence electrons. The molecule has 3 aromatic carbocycles. The SMILES string of the molecule is NC(Cc1ccccc1)C(=O)OCCOCCC1CCI(C2=Nc3ccccc3[I-]c3ccccc32)CC1. The molecule has 0 saturated carbocycles. The molecule has 0 amide bonds. The predicted molar refractivity (Wildman–Crippen MR) is 157 cm³/mol. The van der Waals surface area contributed by atoms with Crippen LogP contribution < -0.4 is 26.9 Å². The van der Waals surface area contributed by atoms with E-state index in [9.17, 15) is 4.79 Å². The van der Waals surface area contributed by atoms with Gasteiger partial charge in [-0.1, -0.05) is 30.3 Å². The number of hydrogen-bond acceptors (Lipinski definition) is 5. The molecule has 2 aliphatic heterocycles. The first-order valence-corrected chi connectivity index (χ1v) is 19.5. The van der Waals surface area contributed by atoms with E-state index in [2.05, 4.69) is 48.5 Å². The molecule has 1 atom stereocenters. The molecule has 1 saturated heterocycles. The minimum absolute atomic E-state index is 0.190. The standard InChI is InChI=1S/C31H35I2N2O3/c34-28(22-24-8-2-1-3-9-24)31(36)38-21-20-37-19-16-23-14-17-33(18-15-23)30-25-10-4-5-11-26(25)32-27-12-6-7-13-29(27)35-30/h1-13,23,28H,14-22,34H2/q-1. The summed E-state index contributed by atoms with van der Waals surface area (Å²) in [6, 6.07) is 26.9. The summed E-state index contributed by atoms with van der Waals surface area (Å²) in [7, 11) is 0. The molecule has 1 unspecified atom stereocenters. The number of benzene rings is 3. The average molecular weight is 737 g/mol. The summed E-state index contributed by atoms with van der Waals surface area (Å²) in [5, 5.41) is 0. The molecule has 2 heterocycles. The van der Waals surface area contributed by atoms with Gasteiger partial charge in [0, 0.05) is 0 Å². The zero-order valence-corrected chi connectivity index (χ0v) is 25.8. The summed E-state index contributed by atoms with van der Waals surface area (Å²) < 4.78 is 18.2. The van der Waals surface area contributed by atoms with Gasteiger partial charge < -0.3 is 0 Å². The molecular weight excluding hydrogens is 702 g/mol. The van der Waals surface area contributed by atoms with E-state index < -0.39 is 25.9 Å². The van der Waals surface area contributed by atoms with Gasteiger partial charge in [0.25, 0.3) is 0 Å². The molecule has 38 heavy (non-hydrogen) atoms. The second-order valence-corrected chi connectivity index (χ2v) is 18.2. The minimum atomic E-state index is -1.32. The number of carbonyl (C=O) groups excluding carboxylic acids is 1. The van der Waals surface area contributed by atoms with Gasteiger partial charge in [0.15, 0.2) is 0 Å². The van der Waals surface area contributed by atoms with Crippen LogP contribution in [0.2, 0.25) is 0 Å². The second kappa shape index (κ2) is 14.0. The van der Waals surface area contributed by atoms with E-state index in [-0.39, 0.29) is 33.8 Å². The van der Waals surface area contributed by atoms with Crippen LogP contribution in [0.3, 0.4) is 0 Å². The summed E-state index contributed by atoms with van der Waals surface area (Å²) in [5.74, 6) is 0.348.